The first-order valence-corrected chi connectivity index (χ1v) is 9.80. The van der Waals surface area contributed by atoms with Crippen molar-refractivity contribution in [2.45, 2.75) is 31.8 Å². The van der Waals surface area contributed by atoms with Crippen LogP contribution in [-0.2, 0) is 0 Å². The molecule has 4 heterocycles. The fourth-order valence-electron chi connectivity index (χ4n) is 4.50. The molecular formula is C20H21FN4O4. The molecule has 3 aliphatic heterocycles. The third-order valence-corrected chi connectivity index (χ3v) is 5.88. The third-order valence-electron chi connectivity index (χ3n) is 5.88. The van der Waals surface area contributed by atoms with Gasteiger partial charge in [0.05, 0.1) is 23.0 Å². The highest BCUT2D eigenvalue weighted by Crippen LogP contribution is 2.42. The van der Waals surface area contributed by atoms with E-state index in [1.165, 1.54) is 6.20 Å². The molecule has 152 valence electrons. The number of aliphatic imine (C=N–C) groups is 1. The van der Waals surface area contributed by atoms with Crippen molar-refractivity contribution in [3.8, 4) is 5.75 Å². The zero-order chi connectivity index (χ0) is 20.3. The van der Waals surface area contributed by atoms with Crippen LogP contribution < -0.4 is 20.4 Å². The molecule has 1 aromatic heterocycles. The molecule has 5 rings (SSSR count). The van der Waals surface area contributed by atoms with Crippen molar-refractivity contribution in [3.63, 3.8) is 0 Å². The Bertz CT molecular complexity index is 1130. The molecule has 1 fully saturated rings. The number of nitrogens with one attached hydrogen (secondary N) is 1. The summed E-state index contributed by atoms with van der Waals surface area (Å²) in [5, 5.41) is 12.8. The number of aromatic nitrogens is 1. The van der Waals surface area contributed by atoms with Crippen molar-refractivity contribution in [2.24, 2.45) is 4.99 Å². The number of nitrogens with zero attached hydrogens (tertiary/aromatic N) is 3. The van der Waals surface area contributed by atoms with Crippen molar-refractivity contribution in [2.75, 3.05) is 31.1 Å². The quantitative estimate of drug-likeness (QED) is 0.798. The van der Waals surface area contributed by atoms with Crippen LogP contribution in [0, 0.1) is 5.82 Å². The summed E-state index contributed by atoms with van der Waals surface area (Å²) in [7, 11) is 0. The molecule has 1 saturated heterocycles. The number of pyridine rings is 1. The Hall–Kier alpha value is -2.94. The molecule has 0 spiro atoms. The molecule has 0 bridgehead atoms. The standard InChI is InChI=1S/C20H21FN4O4/c1-10-9-29-18-15-11(17(26)12(20(27)28)8-25(10)15)7-13(21)16(18)24-6-5-22-14-3-2-4-23-19(14)24/h7-8,10,14,22H,2-6,9H2,1H3,(H,27,28)/t10-,14?/m0/s1. The molecule has 1 unspecified atom stereocenters. The lowest BCUT2D eigenvalue weighted by atomic mass is 10.0. The number of rotatable bonds is 2. The lowest BCUT2D eigenvalue weighted by molar-refractivity contribution is 0.0694. The van der Waals surface area contributed by atoms with Crippen LogP contribution in [0.15, 0.2) is 22.1 Å². The average Bonchev–Trinajstić information content (AvgIpc) is 2.71. The van der Waals surface area contributed by atoms with Crippen molar-refractivity contribution >= 4 is 28.4 Å². The fraction of sp³-hybridized carbons (Fsp3) is 0.450. The molecule has 3 aliphatic rings. The van der Waals surface area contributed by atoms with E-state index >= 15 is 4.39 Å². The topological polar surface area (TPSA) is 96.2 Å². The van der Waals surface area contributed by atoms with E-state index in [1.54, 1.807) is 4.57 Å². The number of anilines is 1. The van der Waals surface area contributed by atoms with Crippen molar-refractivity contribution in [1.82, 2.24) is 9.88 Å². The minimum Gasteiger partial charge on any atom is -0.487 e. The maximum atomic E-state index is 15.4. The smallest absolute Gasteiger partial charge is 0.341 e. The van der Waals surface area contributed by atoms with Gasteiger partial charge in [0.1, 0.15) is 23.7 Å². The molecule has 0 radical (unpaired) electrons. The van der Waals surface area contributed by atoms with Crippen LogP contribution in [0.2, 0.25) is 0 Å². The number of halogens is 1. The van der Waals surface area contributed by atoms with Crippen LogP contribution in [0.25, 0.3) is 10.9 Å². The van der Waals surface area contributed by atoms with E-state index in [0.29, 0.717) is 25.2 Å². The highest BCUT2D eigenvalue weighted by Gasteiger charge is 2.35. The molecule has 29 heavy (non-hydrogen) atoms. The van der Waals surface area contributed by atoms with Crippen LogP contribution in [0.4, 0.5) is 10.1 Å². The molecule has 2 N–H and O–H groups in total. The summed E-state index contributed by atoms with van der Waals surface area (Å²) in [5.74, 6) is -0.870. The first kappa shape index (κ1) is 18.1. The van der Waals surface area contributed by atoms with E-state index in [0.717, 1.165) is 24.7 Å². The molecule has 2 aromatic rings. The SMILES string of the molecule is C[C@H]1COc2c(N3CCNC4CCCN=C43)c(F)cc3c(=O)c(C(=O)O)cn1c23. The first-order chi connectivity index (χ1) is 14.0. The summed E-state index contributed by atoms with van der Waals surface area (Å²) in [6.07, 6.45) is 3.25. The largest absolute Gasteiger partial charge is 0.487 e. The number of aromatic carboxylic acids is 1. The molecule has 8 nitrogen and oxygen atoms in total. The predicted octanol–water partition coefficient (Wildman–Crippen LogP) is 1.76. The van der Waals surface area contributed by atoms with Crippen LogP contribution in [-0.4, -0.2) is 53.8 Å². The molecule has 0 aliphatic carbocycles. The zero-order valence-electron chi connectivity index (χ0n) is 15.9. The van der Waals surface area contributed by atoms with Gasteiger partial charge in [-0.1, -0.05) is 0 Å². The molecule has 0 saturated carbocycles. The number of carboxylic acids is 1. The molecular weight excluding hydrogens is 379 g/mol. The Morgan fingerprint density at radius 1 is 1.45 bits per heavy atom. The summed E-state index contributed by atoms with van der Waals surface area (Å²) in [6.45, 7) is 4.03. The molecule has 9 heteroatoms. The van der Waals surface area contributed by atoms with Crippen molar-refractivity contribution in [3.05, 3.63) is 33.9 Å². The van der Waals surface area contributed by atoms with E-state index in [1.807, 2.05) is 11.8 Å². The normalized spacial score (nSPS) is 23.4. The van der Waals surface area contributed by atoms with E-state index in [4.69, 9.17) is 4.74 Å². The summed E-state index contributed by atoms with van der Waals surface area (Å²) in [6, 6.07) is 1.02. The second kappa shape index (κ2) is 6.55. The monoisotopic (exact) mass is 400 g/mol. The number of ether oxygens (including phenoxy) is 1. The second-order valence-electron chi connectivity index (χ2n) is 7.72. The third kappa shape index (κ3) is 2.64. The van der Waals surface area contributed by atoms with Gasteiger partial charge in [-0.15, -0.1) is 0 Å². The first-order valence-electron chi connectivity index (χ1n) is 9.80. The Morgan fingerprint density at radius 2 is 2.28 bits per heavy atom. The fourth-order valence-corrected chi connectivity index (χ4v) is 4.50. The van der Waals surface area contributed by atoms with Gasteiger partial charge in [0, 0.05) is 25.8 Å². The Labute approximate surface area is 165 Å². The van der Waals surface area contributed by atoms with E-state index in [-0.39, 0.29) is 41.1 Å². The number of fused-ring (bicyclic) bond motifs is 1. The van der Waals surface area contributed by atoms with Crippen LogP contribution in [0.1, 0.15) is 36.2 Å². The van der Waals surface area contributed by atoms with E-state index in [9.17, 15) is 14.7 Å². The van der Waals surface area contributed by atoms with Crippen LogP contribution in [0.3, 0.4) is 0 Å². The van der Waals surface area contributed by atoms with Gasteiger partial charge in [0.25, 0.3) is 0 Å². The number of benzene rings is 1. The minimum atomic E-state index is -1.33. The molecule has 2 atom stereocenters. The van der Waals surface area contributed by atoms with Gasteiger partial charge in [-0.25, -0.2) is 9.18 Å². The van der Waals surface area contributed by atoms with Crippen LogP contribution >= 0.6 is 0 Å². The van der Waals surface area contributed by atoms with Gasteiger partial charge in [0.2, 0.25) is 5.43 Å². The Morgan fingerprint density at radius 3 is 3.07 bits per heavy atom. The minimum absolute atomic E-state index is 0.0185. The van der Waals surface area contributed by atoms with Gasteiger partial charge in [-0.2, -0.15) is 0 Å². The Balaban J connectivity index is 1.80. The number of carbonyl (C=O) groups is 1. The predicted molar refractivity (Wildman–Crippen MR) is 106 cm³/mol. The van der Waals surface area contributed by atoms with Crippen LogP contribution in [0.5, 0.6) is 5.75 Å². The van der Waals surface area contributed by atoms with E-state index in [2.05, 4.69) is 10.3 Å². The van der Waals surface area contributed by atoms with Crippen molar-refractivity contribution < 1.29 is 19.0 Å². The zero-order valence-corrected chi connectivity index (χ0v) is 15.9. The maximum absolute atomic E-state index is 15.4. The number of carboxylic acid groups (broad SMARTS) is 1. The second-order valence-corrected chi connectivity index (χ2v) is 7.72. The number of piperazine rings is 1. The summed E-state index contributed by atoms with van der Waals surface area (Å²) < 4.78 is 23.0. The average molecular weight is 400 g/mol. The molecule has 0 amide bonds. The number of hydrogen-bond acceptors (Lipinski definition) is 6. The summed E-state index contributed by atoms with van der Waals surface area (Å²) in [4.78, 5) is 30.7. The molecule has 1 aromatic carbocycles. The van der Waals surface area contributed by atoms with Gasteiger partial charge < -0.3 is 24.6 Å². The highest BCUT2D eigenvalue weighted by atomic mass is 19.1. The highest BCUT2D eigenvalue weighted by molar-refractivity contribution is 6.06. The van der Waals surface area contributed by atoms with Gasteiger partial charge in [-0.05, 0) is 25.8 Å². The number of amidine groups is 1. The lowest BCUT2D eigenvalue weighted by Crippen LogP contribution is -2.56. The van der Waals surface area contributed by atoms with Gasteiger partial charge in [0.15, 0.2) is 11.6 Å². The maximum Gasteiger partial charge on any atom is 0.341 e. The lowest BCUT2D eigenvalue weighted by Gasteiger charge is -2.40. The van der Waals surface area contributed by atoms with Crippen molar-refractivity contribution in [1.29, 1.82) is 0 Å². The number of hydrogen-bond donors (Lipinski definition) is 2. The summed E-state index contributed by atoms with van der Waals surface area (Å²) in [5.41, 5.74) is -0.376. The summed E-state index contributed by atoms with van der Waals surface area (Å²) >= 11 is 0. The van der Waals surface area contributed by atoms with Gasteiger partial charge >= 0.3 is 5.97 Å². The van der Waals surface area contributed by atoms with Gasteiger partial charge in [-0.3, -0.25) is 9.79 Å². The Kier molecular flexibility index (Phi) is 4.09. The van der Waals surface area contributed by atoms with E-state index < -0.39 is 17.2 Å².